The van der Waals surface area contributed by atoms with Gasteiger partial charge in [0.05, 0.1) is 12.0 Å². The van der Waals surface area contributed by atoms with Crippen LogP contribution in [0.1, 0.15) is 30.6 Å². The fourth-order valence-corrected chi connectivity index (χ4v) is 1.79. The topological polar surface area (TPSA) is 55.9 Å². The van der Waals surface area contributed by atoms with Crippen LogP contribution in [0.3, 0.4) is 0 Å². The Kier molecular flexibility index (Phi) is 2.25. The van der Waals surface area contributed by atoms with E-state index in [2.05, 4.69) is 26.9 Å². The molecule has 3 rings (SSSR count). The van der Waals surface area contributed by atoms with Crippen LogP contribution < -0.4 is 5.32 Å². The molecule has 5 heteroatoms. The predicted molar refractivity (Wildman–Crippen MR) is 58.2 cm³/mol. The van der Waals surface area contributed by atoms with E-state index in [1.807, 2.05) is 24.5 Å². The summed E-state index contributed by atoms with van der Waals surface area (Å²) in [6, 6.07) is 4.11. The molecule has 0 bridgehead atoms. The Morgan fingerprint density at radius 1 is 1.44 bits per heavy atom. The van der Waals surface area contributed by atoms with Crippen LogP contribution in [0.15, 0.2) is 29.0 Å². The third-order valence-electron chi connectivity index (χ3n) is 3.04. The standard InChI is InChI=1S/C11H14N4O/c1-8(15-4-2-3-5-15)10-13-11(16-14-10)9-6-12-7-9/h2-5,8-9,12H,6-7H2,1H3/t8-/m1/s1. The van der Waals surface area contributed by atoms with Gasteiger partial charge in [-0.1, -0.05) is 5.16 Å². The van der Waals surface area contributed by atoms with Crippen molar-refractivity contribution in [3.63, 3.8) is 0 Å². The normalized spacial score (nSPS) is 18.3. The third-order valence-corrected chi connectivity index (χ3v) is 3.04. The molecule has 1 atom stereocenters. The first-order chi connectivity index (χ1) is 7.84. The molecule has 1 aliphatic rings. The lowest BCUT2D eigenvalue weighted by Gasteiger charge is -2.22. The summed E-state index contributed by atoms with van der Waals surface area (Å²) in [6.45, 7) is 3.95. The maximum atomic E-state index is 5.27. The number of aromatic nitrogens is 3. The molecular formula is C11H14N4O. The van der Waals surface area contributed by atoms with Crippen molar-refractivity contribution in [3.05, 3.63) is 36.2 Å². The van der Waals surface area contributed by atoms with E-state index in [0.29, 0.717) is 5.92 Å². The van der Waals surface area contributed by atoms with Gasteiger partial charge in [0.1, 0.15) is 0 Å². The van der Waals surface area contributed by atoms with Gasteiger partial charge in [0.2, 0.25) is 5.89 Å². The molecule has 0 aromatic carbocycles. The van der Waals surface area contributed by atoms with E-state index >= 15 is 0 Å². The molecule has 0 radical (unpaired) electrons. The van der Waals surface area contributed by atoms with Crippen LogP contribution in [0.5, 0.6) is 0 Å². The van der Waals surface area contributed by atoms with E-state index in [1.165, 1.54) is 0 Å². The molecule has 1 fully saturated rings. The minimum Gasteiger partial charge on any atom is -0.344 e. The van der Waals surface area contributed by atoms with Crippen molar-refractivity contribution in [2.24, 2.45) is 0 Å². The van der Waals surface area contributed by atoms with Crippen molar-refractivity contribution in [1.82, 2.24) is 20.0 Å². The summed E-state index contributed by atoms with van der Waals surface area (Å²) in [6.07, 6.45) is 4.01. The molecule has 0 amide bonds. The first-order valence-corrected chi connectivity index (χ1v) is 5.51. The highest BCUT2D eigenvalue weighted by Crippen LogP contribution is 2.21. The molecule has 0 spiro atoms. The Labute approximate surface area is 93.5 Å². The van der Waals surface area contributed by atoms with Crippen molar-refractivity contribution in [3.8, 4) is 0 Å². The number of nitrogens with one attached hydrogen (secondary N) is 1. The van der Waals surface area contributed by atoms with Crippen molar-refractivity contribution in [1.29, 1.82) is 0 Å². The zero-order valence-corrected chi connectivity index (χ0v) is 9.13. The number of rotatable bonds is 3. The van der Waals surface area contributed by atoms with Gasteiger partial charge in [-0.3, -0.25) is 0 Å². The Bertz CT molecular complexity index is 458. The summed E-state index contributed by atoms with van der Waals surface area (Å²) in [5.41, 5.74) is 0. The highest BCUT2D eigenvalue weighted by molar-refractivity contribution is 5.05. The van der Waals surface area contributed by atoms with Crippen LogP contribution in [0.25, 0.3) is 0 Å². The zero-order valence-electron chi connectivity index (χ0n) is 9.13. The van der Waals surface area contributed by atoms with Gasteiger partial charge in [0.25, 0.3) is 0 Å². The van der Waals surface area contributed by atoms with Gasteiger partial charge < -0.3 is 14.4 Å². The fourth-order valence-electron chi connectivity index (χ4n) is 1.79. The minimum atomic E-state index is 0.125. The van der Waals surface area contributed by atoms with E-state index in [9.17, 15) is 0 Å². The van der Waals surface area contributed by atoms with Crippen LogP contribution in [-0.2, 0) is 0 Å². The highest BCUT2D eigenvalue weighted by atomic mass is 16.5. The second kappa shape index (κ2) is 3.75. The summed E-state index contributed by atoms with van der Waals surface area (Å²) >= 11 is 0. The fraction of sp³-hybridized carbons (Fsp3) is 0.455. The third kappa shape index (κ3) is 1.53. The van der Waals surface area contributed by atoms with E-state index in [4.69, 9.17) is 4.52 Å². The molecule has 1 saturated heterocycles. The summed E-state index contributed by atoms with van der Waals surface area (Å²) in [4.78, 5) is 4.45. The van der Waals surface area contributed by atoms with Crippen molar-refractivity contribution in [2.45, 2.75) is 18.9 Å². The quantitative estimate of drug-likeness (QED) is 0.840. The van der Waals surface area contributed by atoms with Crippen LogP contribution in [0.4, 0.5) is 0 Å². The van der Waals surface area contributed by atoms with Crippen LogP contribution in [0.2, 0.25) is 0 Å². The molecule has 1 N–H and O–H groups in total. The Morgan fingerprint density at radius 3 is 2.81 bits per heavy atom. The Morgan fingerprint density at radius 2 is 2.19 bits per heavy atom. The molecule has 3 heterocycles. The van der Waals surface area contributed by atoms with Crippen LogP contribution in [-0.4, -0.2) is 27.8 Å². The van der Waals surface area contributed by atoms with Gasteiger partial charge in [-0.15, -0.1) is 0 Å². The molecule has 0 unspecified atom stereocenters. The molecule has 5 nitrogen and oxygen atoms in total. The first kappa shape index (κ1) is 9.59. The van der Waals surface area contributed by atoms with Crippen molar-refractivity contribution >= 4 is 0 Å². The lowest BCUT2D eigenvalue weighted by molar-refractivity contribution is 0.305. The SMILES string of the molecule is C[C@H](c1noc(C2CNC2)n1)n1cccc1. The van der Waals surface area contributed by atoms with Crippen molar-refractivity contribution in [2.75, 3.05) is 13.1 Å². The zero-order chi connectivity index (χ0) is 11.0. The van der Waals surface area contributed by atoms with E-state index in [1.54, 1.807) is 0 Å². The molecule has 0 saturated carbocycles. The molecule has 2 aromatic rings. The number of hydrogen-bond acceptors (Lipinski definition) is 4. The lowest BCUT2D eigenvalue weighted by atomic mass is 10.0. The van der Waals surface area contributed by atoms with Crippen LogP contribution in [0, 0.1) is 0 Å². The van der Waals surface area contributed by atoms with E-state index in [0.717, 1.165) is 24.8 Å². The van der Waals surface area contributed by atoms with Gasteiger partial charge in [-0.2, -0.15) is 4.98 Å². The molecule has 16 heavy (non-hydrogen) atoms. The van der Waals surface area contributed by atoms with E-state index < -0.39 is 0 Å². The summed E-state index contributed by atoms with van der Waals surface area (Å²) in [7, 11) is 0. The predicted octanol–water partition coefficient (Wildman–Crippen LogP) is 1.17. The Balaban J connectivity index is 1.81. The molecular weight excluding hydrogens is 204 g/mol. The van der Waals surface area contributed by atoms with Crippen LogP contribution >= 0.6 is 0 Å². The maximum Gasteiger partial charge on any atom is 0.232 e. The van der Waals surface area contributed by atoms with Crippen molar-refractivity contribution < 1.29 is 4.52 Å². The van der Waals surface area contributed by atoms with E-state index in [-0.39, 0.29) is 6.04 Å². The molecule has 2 aromatic heterocycles. The maximum absolute atomic E-state index is 5.27. The lowest BCUT2D eigenvalue weighted by Crippen LogP contribution is -2.40. The molecule has 1 aliphatic heterocycles. The first-order valence-electron chi connectivity index (χ1n) is 5.51. The summed E-state index contributed by atoms with van der Waals surface area (Å²) < 4.78 is 7.34. The van der Waals surface area contributed by atoms with Gasteiger partial charge >= 0.3 is 0 Å². The molecule has 84 valence electrons. The largest absolute Gasteiger partial charge is 0.344 e. The van der Waals surface area contributed by atoms with Gasteiger partial charge in [-0.25, -0.2) is 0 Å². The average molecular weight is 218 g/mol. The second-order valence-electron chi connectivity index (χ2n) is 4.15. The monoisotopic (exact) mass is 218 g/mol. The summed E-state index contributed by atoms with van der Waals surface area (Å²) in [5.74, 6) is 1.91. The second-order valence-corrected chi connectivity index (χ2v) is 4.15. The number of hydrogen-bond donors (Lipinski definition) is 1. The highest BCUT2D eigenvalue weighted by Gasteiger charge is 2.26. The number of nitrogens with zero attached hydrogens (tertiary/aromatic N) is 3. The average Bonchev–Trinajstić information content (AvgIpc) is 2.84. The minimum absolute atomic E-state index is 0.125. The van der Waals surface area contributed by atoms with Gasteiger partial charge in [-0.05, 0) is 19.1 Å². The molecule has 0 aliphatic carbocycles. The summed E-state index contributed by atoms with van der Waals surface area (Å²) in [5, 5.41) is 7.23. The smallest absolute Gasteiger partial charge is 0.232 e. The Hall–Kier alpha value is -1.62. The van der Waals surface area contributed by atoms with Gasteiger partial charge in [0, 0.05) is 25.5 Å². The van der Waals surface area contributed by atoms with Gasteiger partial charge in [0.15, 0.2) is 5.82 Å².